The van der Waals surface area contributed by atoms with Gasteiger partial charge in [-0.2, -0.15) is 0 Å². The van der Waals surface area contributed by atoms with E-state index in [0.717, 1.165) is 12.1 Å². The van der Waals surface area contributed by atoms with Crippen molar-refractivity contribution in [3.05, 3.63) is 17.5 Å². The third-order valence-corrected chi connectivity index (χ3v) is 4.10. The third kappa shape index (κ3) is 4.01. The van der Waals surface area contributed by atoms with Crippen LogP contribution in [0.2, 0.25) is 0 Å². The Balaban J connectivity index is 2.33. The second kappa shape index (κ2) is 7.59. The first kappa shape index (κ1) is 18.2. The van der Waals surface area contributed by atoms with Crippen molar-refractivity contribution in [3.63, 3.8) is 0 Å². The zero-order valence-corrected chi connectivity index (χ0v) is 15.2. The molecule has 0 bridgehead atoms. The summed E-state index contributed by atoms with van der Waals surface area (Å²) >= 11 is 0. The van der Waals surface area contributed by atoms with Crippen molar-refractivity contribution in [3.8, 4) is 0 Å². The van der Waals surface area contributed by atoms with Gasteiger partial charge in [-0.15, -0.1) is 0 Å². The van der Waals surface area contributed by atoms with Gasteiger partial charge < -0.3 is 15.1 Å². The van der Waals surface area contributed by atoms with E-state index in [2.05, 4.69) is 15.3 Å². The first-order chi connectivity index (χ1) is 11.3. The third-order valence-electron chi connectivity index (χ3n) is 4.10. The minimum Gasteiger partial charge on any atom is -0.350 e. The van der Waals surface area contributed by atoms with Crippen LogP contribution in [0.1, 0.15) is 55.6 Å². The molecule has 0 spiro atoms. The molecule has 7 nitrogen and oxygen atoms in total. The van der Waals surface area contributed by atoms with E-state index in [0.29, 0.717) is 31.0 Å². The van der Waals surface area contributed by atoms with Crippen molar-refractivity contribution >= 4 is 17.8 Å². The van der Waals surface area contributed by atoms with E-state index >= 15 is 0 Å². The van der Waals surface area contributed by atoms with E-state index in [9.17, 15) is 9.59 Å². The van der Waals surface area contributed by atoms with Crippen molar-refractivity contribution in [2.75, 3.05) is 32.1 Å². The van der Waals surface area contributed by atoms with Gasteiger partial charge in [-0.05, 0) is 20.3 Å². The average molecular weight is 333 g/mol. The molecule has 0 saturated carbocycles. The summed E-state index contributed by atoms with van der Waals surface area (Å²) in [7, 11) is 3.74. The summed E-state index contributed by atoms with van der Waals surface area (Å²) in [5, 5.41) is 2.90. The molecule has 1 aromatic rings. The number of carbonyl (C=O) groups excluding carboxylic acids is 2. The SMILES string of the molecule is CCC(=O)N1CCC(c2nc(N(C)C)ncc2C(=O)NC(C)C)C1. The van der Waals surface area contributed by atoms with E-state index < -0.39 is 0 Å². The average Bonchev–Trinajstić information content (AvgIpc) is 3.02. The molecule has 24 heavy (non-hydrogen) atoms. The summed E-state index contributed by atoms with van der Waals surface area (Å²) in [6, 6.07) is 0.0422. The Labute approximate surface area is 143 Å². The number of amides is 2. The Bertz CT molecular complexity index is 615. The zero-order valence-electron chi connectivity index (χ0n) is 15.2. The molecule has 1 aliphatic rings. The summed E-state index contributed by atoms with van der Waals surface area (Å²) in [4.78, 5) is 37.0. The van der Waals surface area contributed by atoms with Crippen LogP contribution in [0.25, 0.3) is 0 Å². The van der Waals surface area contributed by atoms with Gasteiger partial charge in [0.25, 0.3) is 5.91 Å². The first-order valence-electron chi connectivity index (χ1n) is 8.46. The number of nitrogens with zero attached hydrogens (tertiary/aromatic N) is 4. The van der Waals surface area contributed by atoms with Gasteiger partial charge in [0.05, 0.1) is 11.3 Å². The summed E-state index contributed by atoms with van der Waals surface area (Å²) < 4.78 is 0. The summed E-state index contributed by atoms with van der Waals surface area (Å²) in [5.41, 5.74) is 1.24. The Morgan fingerprint density at radius 1 is 1.42 bits per heavy atom. The molecule has 1 atom stereocenters. The monoisotopic (exact) mass is 333 g/mol. The number of carbonyl (C=O) groups is 2. The molecule has 7 heteroatoms. The Morgan fingerprint density at radius 2 is 2.12 bits per heavy atom. The van der Waals surface area contributed by atoms with E-state index in [1.165, 1.54) is 0 Å². The molecule has 0 aliphatic carbocycles. The fraction of sp³-hybridized carbons (Fsp3) is 0.647. The maximum atomic E-state index is 12.5. The van der Waals surface area contributed by atoms with Crippen LogP contribution >= 0.6 is 0 Å². The van der Waals surface area contributed by atoms with E-state index in [4.69, 9.17) is 0 Å². The second-order valence-electron chi connectivity index (χ2n) is 6.67. The van der Waals surface area contributed by atoms with Gasteiger partial charge in [-0.25, -0.2) is 9.97 Å². The molecule has 1 saturated heterocycles. The molecule has 1 fully saturated rings. The van der Waals surface area contributed by atoms with Crippen molar-refractivity contribution in [1.82, 2.24) is 20.2 Å². The number of likely N-dealkylation sites (tertiary alicyclic amines) is 1. The van der Waals surface area contributed by atoms with Gasteiger partial charge in [-0.3, -0.25) is 9.59 Å². The van der Waals surface area contributed by atoms with Gasteiger partial charge in [0.1, 0.15) is 0 Å². The highest BCUT2D eigenvalue weighted by atomic mass is 16.2. The molecule has 132 valence electrons. The Hall–Kier alpha value is -2.18. The smallest absolute Gasteiger partial charge is 0.254 e. The van der Waals surface area contributed by atoms with Crippen molar-refractivity contribution in [2.45, 2.75) is 45.6 Å². The van der Waals surface area contributed by atoms with Gasteiger partial charge >= 0.3 is 0 Å². The summed E-state index contributed by atoms with van der Waals surface area (Å²) in [6.07, 6.45) is 2.91. The van der Waals surface area contributed by atoms with Crippen LogP contribution in [0, 0.1) is 0 Å². The largest absolute Gasteiger partial charge is 0.350 e. The van der Waals surface area contributed by atoms with Crippen LogP contribution in [-0.4, -0.2) is 59.9 Å². The predicted molar refractivity (Wildman–Crippen MR) is 93.2 cm³/mol. The molecule has 0 aromatic carbocycles. The molecule has 1 aromatic heterocycles. The minimum absolute atomic E-state index is 0.0422. The maximum Gasteiger partial charge on any atom is 0.254 e. The van der Waals surface area contributed by atoms with Crippen LogP contribution in [0.15, 0.2) is 6.20 Å². The molecular weight excluding hydrogens is 306 g/mol. The molecular formula is C17H27N5O2. The molecule has 2 rings (SSSR count). The van der Waals surface area contributed by atoms with Crippen LogP contribution in [0.3, 0.4) is 0 Å². The van der Waals surface area contributed by atoms with E-state index in [-0.39, 0.29) is 23.8 Å². The number of rotatable bonds is 5. The normalized spacial score (nSPS) is 17.2. The van der Waals surface area contributed by atoms with Crippen molar-refractivity contribution in [2.24, 2.45) is 0 Å². The first-order valence-corrected chi connectivity index (χ1v) is 8.46. The molecule has 1 N–H and O–H groups in total. The number of hydrogen-bond donors (Lipinski definition) is 1. The summed E-state index contributed by atoms with van der Waals surface area (Å²) in [6.45, 7) is 7.03. The lowest BCUT2D eigenvalue weighted by Gasteiger charge is -2.19. The lowest BCUT2D eigenvalue weighted by atomic mass is 9.99. The molecule has 2 amide bonds. The second-order valence-corrected chi connectivity index (χ2v) is 6.67. The Kier molecular flexibility index (Phi) is 5.75. The number of nitrogens with one attached hydrogen (secondary N) is 1. The standard InChI is InChI=1S/C17H27N5O2/c1-6-14(23)22-8-7-12(10-22)15-13(16(24)19-11(2)3)9-18-17(20-15)21(4)5/h9,11-12H,6-8,10H2,1-5H3,(H,19,24). The number of hydrogen-bond acceptors (Lipinski definition) is 5. The highest BCUT2D eigenvalue weighted by Crippen LogP contribution is 2.29. The maximum absolute atomic E-state index is 12.5. The lowest BCUT2D eigenvalue weighted by Crippen LogP contribution is -2.32. The van der Waals surface area contributed by atoms with Crippen LogP contribution in [0.4, 0.5) is 5.95 Å². The highest BCUT2D eigenvalue weighted by molar-refractivity contribution is 5.95. The molecule has 1 aliphatic heterocycles. The van der Waals surface area contributed by atoms with E-state index in [1.807, 2.05) is 44.7 Å². The van der Waals surface area contributed by atoms with Gasteiger partial charge in [0.2, 0.25) is 11.9 Å². The van der Waals surface area contributed by atoms with Crippen LogP contribution in [0.5, 0.6) is 0 Å². The van der Waals surface area contributed by atoms with Crippen LogP contribution < -0.4 is 10.2 Å². The molecule has 0 radical (unpaired) electrons. The van der Waals surface area contributed by atoms with Crippen LogP contribution in [-0.2, 0) is 4.79 Å². The lowest BCUT2D eigenvalue weighted by molar-refractivity contribution is -0.129. The zero-order chi connectivity index (χ0) is 17.9. The molecule has 1 unspecified atom stereocenters. The fourth-order valence-corrected chi connectivity index (χ4v) is 2.86. The highest BCUT2D eigenvalue weighted by Gasteiger charge is 2.31. The van der Waals surface area contributed by atoms with E-state index in [1.54, 1.807) is 6.20 Å². The number of anilines is 1. The predicted octanol–water partition coefficient (Wildman–Crippen LogP) is 1.41. The summed E-state index contributed by atoms with van der Waals surface area (Å²) in [5.74, 6) is 0.625. The number of aromatic nitrogens is 2. The van der Waals surface area contributed by atoms with Crippen molar-refractivity contribution < 1.29 is 9.59 Å². The van der Waals surface area contributed by atoms with Crippen molar-refractivity contribution in [1.29, 1.82) is 0 Å². The Morgan fingerprint density at radius 3 is 2.71 bits per heavy atom. The molecule has 2 heterocycles. The topological polar surface area (TPSA) is 78.4 Å². The van der Waals surface area contributed by atoms with Gasteiger partial charge in [0, 0.05) is 51.8 Å². The minimum atomic E-state index is -0.162. The van der Waals surface area contributed by atoms with Gasteiger partial charge in [0.15, 0.2) is 0 Å². The fourth-order valence-electron chi connectivity index (χ4n) is 2.86. The van der Waals surface area contributed by atoms with Gasteiger partial charge in [-0.1, -0.05) is 6.92 Å². The quantitative estimate of drug-likeness (QED) is 0.881.